The molecule has 1 aromatic heterocycles. The first-order valence-electron chi connectivity index (χ1n) is 6.76. The van der Waals surface area contributed by atoms with Gasteiger partial charge in [0.15, 0.2) is 0 Å². The van der Waals surface area contributed by atoms with Gasteiger partial charge < -0.3 is 9.64 Å². The maximum atomic E-state index is 11.1. The molecule has 0 aliphatic carbocycles. The third-order valence-corrected chi connectivity index (χ3v) is 3.50. The average molecular weight is 285 g/mol. The van der Waals surface area contributed by atoms with E-state index in [1.165, 1.54) is 6.07 Å². The van der Waals surface area contributed by atoms with Crippen molar-refractivity contribution in [2.24, 2.45) is 0 Å². The minimum Gasteiger partial charge on any atom is -0.370 e. The Balaban J connectivity index is 1.85. The van der Waals surface area contributed by atoms with Crippen molar-refractivity contribution < 1.29 is 9.66 Å². The monoisotopic (exact) mass is 285 g/mol. The Morgan fingerprint density at radius 3 is 2.81 bits per heavy atom. The van der Waals surface area contributed by atoms with Crippen LogP contribution in [0.3, 0.4) is 0 Å². The highest BCUT2D eigenvalue weighted by Gasteiger charge is 2.27. The van der Waals surface area contributed by atoms with Crippen molar-refractivity contribution in [1.82, 2.24) is 4.98 Å². The van der Waals surface area contributed by atoms with Crippen molar-refractivity contribution in [1.29, 1.82) is 0 Å². The lowest BCUT2D eigenvalue weighted by Crippen LogP contribution is -2.39. The topological polar surface area (TPSA) is 68.5 Å². The second-order valence-electron chi connectivity index (χ2n) is 4.82. The lowest BCUT2D eigenvalue weighted by Gasteiger charge is -2.33. The molecule has 1 atom stereocenters. The van der Waals surface area contributed by atoms with E-state index in [1.54, 1.807) is 12.3 Å². The molecular weight excluding hydrogens is 270 g/mol. The van der Waals surface area contributed by atoms with E-state index >= 15 is 0 Å². The van der Waals surface area contributed by atoms with Gasteiger partial charge in [-0.05, 0) is 11.6 Å². The van der Waals surface area contributed by atoms with Crippen molar-refractivity contribution in [3.8, 4) is 0 Å². The van der Waals surface area contributed by atoms with Crippen molar-refractivity contribution in [2.75, 3.05) is 24.6 Å². The molecule has 0 amide bonds. The van der Waals surface area contributed by atoms with Crippen LogP contribution in [-0.2, 0) is 4.74 Å². The lowest BCUT2D eigenvalue weighted by atomic mass is 10.1. The van der Waals surface area contributed by atoms with Gasteiger partial charge in [-0.3, -0.25) is 10.1 Å². The van der Waals surface area contributed by atoms with Gasteiger partial charge in [0.25, 0.3) is 0 Å². The molecule has 1 aliphatic rings. The third-order valence-electron chi connectivity index (χ3n) is 3.50. The molecule has 1 fully saturated rings. The van der Waals surface area contributed by atoms with E-state index < -0.39 is 4.92 Å². The quantitative estimate of drug-likeness (QED) is 0.640. The van der Waals surface area contributed by atoms with Gasteiger partial charge in [-0.25, -0.2) is 4.98 Å². The van der Waals surface area contributed by atoms with E-state index in [0.29, 0.717) is 25.5 Å². The number of pyridine rings is 1. The van der Waals surface area contributed by atoms with Gasteiger partial charge in [-0.2, -0.15) is 0 Å². The normalized spacial score (nSPS) is 18.5. The number of anilines is 1. The van der Waals surface area contributed by atoms with Crippen LogP contribution in [0.5, 0.6) is 0 Å². The zero-order chi connectivity index (χ0) is 14.7. The Bertz CT molecular complexity index is 633. The smallest absolute Gasteiger partial charge is 0.311 e. The highest BCUT2D eigenvalue weighted by molar-refractivity contribution is 5.57. The van der Waals surface area contributed by atoms with Crippen molar-refractivity contribution in [2.45, 2.75) is 6.10 Å². The SMILES string of the molecule is O=[N+]([O-])c1cccnc1N1CCOC(c2ccccc2)C1. The number of hydrogen-bond acceptors (Lipinski definition) is 5. The van der Waals surface area contributed by atoms with E-state index in [2.05, 4.69) is 4.98 Å². The van der Waals surface area contributed by atoms with Crippen LogP contribution in [0, 0.1) is 10.1 Å². The number of rotatable bonds is 3. The number of morpholine rings is 1. The molecule has 2 aromatic rings. The number of nitrogens with zero attached hydrogens (tertiary/aromatic N) is 3. The number of hydrogen-bond donors (Lipinski definition) is 0. The Labute approximate surface area is 122 Å². The Morgan fingerprint density at radius 1 is 1.24 bits per heavy atom. The Kier molecular flexibility index (Phi) is 3.79. The molecule has 1 saturated heterocycles. The maximum absolute atomic E-state index is 11.1. The van der Waals surface area contributed by atoms with Gasteiger partial charge in [0.2, 0.25) is 5.82 Å². The van der Waals surface area contributed by atoms with Gasteiger partial charge in [0.1, 0.15) is 6.10 Å². The summed E-state index contributed by atoms with van der Waals surface area (Å²) >= 11 is 0. The summed E-state index contributed by atoms with van der Waals surface area (Å²) in [4.78, 5) is 16.8. The Morgan fingerprint density at radius 2 is 2.05 bits per heavy atom. The highest BCUT2D eigenvalue weighted by Crippen LogP contribution is 2.30. The van der Waals surface area contributed by atoms with E-state index in [0.717, 1.165) is 5.56 Å². The summed E-state index contributed by atoms with van der Waals surface area (Å²) in [6.07, 6.45) is 1.48. The Hall–Kier alpha value is -2.47. The first-order chi connectivity index (χ1) is 10.3. The molecule has 21 heavy (non-hydrogen) atoms. The molecule has 0 saturated carbocycles. The largest absolute Gasteiger partial charge is 0.370 e. The molecule has 0 radical (unpaired) electrons. The fraction of sp³-hybridized carbons (Fsp3) is 0.267. The fourth-order valence-corrected chi connectivity index (χ4v) is 2.49. The van der Waals surface area contributed by atoms with E-state index in [1.807, 2.05) is 35.2 Å². The zero-order valence-electron chi connectivity index (χ0n) is 11.4. The predicted octanol–water partition coefficient (Wildman–Crippen LogP) is 2.57. The first-order valence-corrected chi connectivity index (χ1v) is 6.76. The number of ether oxygens (including phenoxy) is 1. The average Bonchev–Trinajstić information content (AvgIpc) is 2.56. The maximum Gasteiger partial charge on any atom is 0.311 e. The van der Waals surface area contributed by atoms with Gasteiger partial charge in [0, 0.05) is 18.8 Å². The lowest BCUT2D eigenvalue weighted by molar-refractivity contribution is -0.384. The number of nitro groups is 1. The van der Waals surface area contributed by atoms with Crippen LogP contribution in [0.4, 0.5) is 11.5 Å². The highest BCUT2D eigenvalue weighted by atomic mass is 16.6. The van der Waals surface area contributed by atoms with Crippen LogP contribution in [0.2, 0.25) is 0 Å². The molecule has 1 aliphatic heterocycles. The molecule has 0 bridgehead atoms. The van der Waals surface area contributed by atoms with Crippen LogP contribution in [-0.4, -0.2) is 29.6 Å². The molecule has 3 rings (SSSR count). The van der Waals surface area contributed by atoms with Crippen molar-refractivity contribution in [3.63, 3.8) is 0 Å². The van der Waals surface area contributed by atoms with Crippen molar-refractivity contribution >= 4 is 11.5 Å². The van der Waals surface area contributed by atoms with E-state index in [9.17, 15) is 10.1 Å². The molecule has 2 heterocycles. The van der Waals surface area contributed by atoms with E-state index in [4.69, 9.17) is 4.74 Å². The molecule has 1 unspecified atom stereocenters. The van der Waals surface area contributed by atoms with Gasteiger partial charge in [-0.15, -0.1) is 0 Å². The van der Waals surface area contributed by atoms with Crippen LogP contribution >= 0.6 is 0 Å². The minimum absolute atomic E-state index is 0.0335. The van der Waals surface area contributed by atoms with Crippen LogP contribution in [0.15, 0.2) is 48.7 Å². The molecular formula is C15H15N3O3. The molecule has 0 N–H and O–H groups in total. The van der Waals surface area contributed by atoms with Gasteiger partial charge >= 0.3 is 5.69 Å². The van der Waals surface area contributed by atoms with E-state index in [-0.39, 0.29) is 11.8 Å². The molecule has 1 aromatic carbocycles. The summed E-state index contributed by atoms with van der Waals surface area (Å²) in [6.45, 7) is 1.68. The summed E-state index contributed by atoms with van der Waals surface area (Å²) in [7, 11) is 0. The molecule has 6 nitrogen and oxygen atoms in total. The van der Waals surface area contributed by atoms with Gasteiger partial charge in [0.05, 0.1) is 18.1 Å². The van der Waals surface area contributed by atoms with Gasteiger partial charge in [-0.1, -0.05) is 30.3 Å². The second-order valence-corrected chi connectivity index (χ2v) is 4.82. The summed E-state index contributed by atoms with van der Waals surface area (Å²) < 4.78 is 5.78. The summed E-state index contributed by atoms with van der Waals surface area (Å²) in [6, 6.07) is 12.9. The summed E-state index contributed by atoms with van der Waals surface area (Å²) in [5.74, 6) is 0.409. The van der Waals surface area contributed by atoms with Crippen LogP contribution in [0.25, 0.3) is 0 Å². The fourth-order valence-electron chi connectivity index (χ4n) is 2.49. The number of aromatic nitrogens is 1. The zero-order valence-corrected chi connectivity index (χ0v) is 11.4. The van der Waals surface area contributed by atoms with Crippen molar-refractivity contribution in [3.05, 3.63) is 64.3 Å². The van der Waals surface area contributed by atoms with Crippen LogP contribution in [0.1, 0.15) is 11.7 Å². The summed E-state index contributed by atoms with van der Waals surface area (Å²) in [5.41, 5.74) is 1.10. The standard InChI is InChI=1S/C15H15N3O3/c19-18(20)13-7-4-8-16-15(13)17-9-10-21-14(11-17)12-5-2-1-3-6-12/h1-8,14H,9-11H2. The van der Waals surface area contributed by atoms with Crippen LogP contribution < -0.4 is 4.90 Å². The third kappa shape index (κ3) is 2.85. The number of benzene rings is 1. The summed E-state index contributed by atoms with van der Waals surface area (Å²) in [5, 5.41) is 11.1. The minimum atomic E-state index is -0.394. The molecule has 6 heteroatoms. The predicted molar refractivity (Wildman–Crippen MR) is 78.2 cm³/mol. The first kappa shape index (κ1) is 13.5. The molecule has 108 valence electrons. The second kappa shape index (κ2) is 5.88. The molecule has 0 spiro atoms.